The molecule has 112 valence electrons. The van der Waals surface area contributed by atoms with Gasteiger partial charge in [-0.3, -0.25) is 0 Å². The van der Waals surface area contributed by atoms with E-state index in [0.29, 0.717) is 17.4 Å². The fourth-order valence-corrected chi connectivity index (χ4v) is 4.08. The van der Waals surface area contributed by atoms with Crippen molar-refractivity contribution in [1.29, 1.82) is 0 Å². The zero-order chi connectivity index (χ0) is 14.8. The van der Waals surface area contributed by atoms with Crippen molar-refractivity contribution in [3.8, 4) is 0 Å². The molecule has 0 bridgehead atoms. The predicted molar refractivity (Wildman–Crippen MR) is 85.2 cm³/mol. The second-order valence-electron chi connectivity index (χ2n) is 5.89. The Hall–Kier alpha value is -0.390. The molecule has 0 heterocycles. The van der Waals surface area contributed by atoms with Crippen LogP contribution in [0.25, 0.3) is 0 Å². The normalized spacial score (nSPS) is 23.8. The summed E-state index contributed by atoms with van der Waals surface area (Å²) in [6.07, 6.45) is 4.68. The molecule has 0 atom stereocenters. The summed E-state index contributed by atoms with van der Waals surface area (Å²) < 4.78 is 28.2. The SMILES string of the molecule is Cc1cc(S(=O)(=O)NCC2CCC(C)CC2)ccc1Br. The zero-order valence-electron chi connectivity index (χ0n) is 12.0. The fourth-order valence-electron chi connectivity index (χ4n) is 2.63. The van der Waals surface area contributed by atoms with Gasteiger partial charge in [0.15, 0.2) is 0 Å². The summed E-state index contributed by atoms with van der Waals surface area (Å²) in [5, 5.41) is 0. The molecule has 1 aliphatic carbocycles. The Morgan fingerprint density at radius 3 is 2.50 bits per heavy atom. The average molecular weight is 360 g/mol. The molecule has 20 heavy (non-hydrogen) atoms. The first-order valence-corrected chi connectivity index (χ1v) is 9.42. The van der Waals surface area contributed by atoms with Gasteiger partial charge in [0.25, 0.3) is 0 Å². The van der Waals surface area contributed by atoms with E-state index in [4.69, 9.17) is 0 Å². The van der Waals surface area contributed by atoms with Crippen molar-refractivity contribution in [2.24, 2.45) is 11.8 Å². The lowest BCUT2D eigenvalue weighted by atomic mass is 9.83. The Bertz CT molecular complexity index is 563. The van der Waals surface area contributed by atoms with E-state index in [1.165, 1.54) is 12.8 Å². The highest BCUT2D eigenvalue weighted by molar-refractivity contribution is 9.10. The third-order valence-electron chi connectivity index (χ3n) is 4.14. The minimum atomic E-state index is -3.38. The summed E-state index contributed by atoms with van der Waals surface area (Å²) in [7, 11) is -3.38. The van der Waals surface area contributed by atoms with Crippen LogP contribution >= 0.6 is 15.9 Å². The van der Waals surface area contributed by atoms with E-state index >= 15 is 0 Å². The van der Waals surface area contributed by atoms with Crippen LogP contribution in [-0.2, 0) is 10.0 Å². The van der Waals surface area contributed by atoms with Gasteiger partial charge < -0.3 is 0 Å². The van der Waals surface area contributed by atoms with Crippen LogP contribution in [0.3, 0.4) is 0 Å². The molecule has 2 rings (SSSR count). The van der Waals surface area contributed by atoms with Crippen molar-refractivity contribution >= 4 is 26.0 Å². The first kappa shape index (κ1) is 16.0. The van der Waals surface area contributed by atoms with Crippen molar-refractivity contribution in [2.45, 2.75) is 44.4 Å². The highest BCUT2D eigenvalue weighted by Gasteiger charge is 2.21. The highest BCUT2D eigenvalue weighted by Crippen LogP contribution is 2.28. The largest absolute Gasteiger partial charge is 0.240 e. The minimum Gasteiger partial charge on any atom is -0.211 e. The molecule has 0 amide bonds. The van der Waals surface area contributed by atoms with E-state index in [1.54, 1.807) is 18.2 Å². The summed E-state index contributed by atoms with van der Waals surface area (Å²) >= 11 is 3.39. The number of aryl methyl sites for hydroxylation is 1. The number of hydrogen-bond acceptors (Lipinski definition) is 2. The van der Waals surface area contributed by atoms with E-state index < -0.39 is 10.0 Å². The maximum absolute atomic E-state index is 12.3. The van der Waals surface area contributed by atoms with Gasteiger partial charge in [-0.2, -0.15) is 0 Å². The fraction of sp³-hybridized carbons (Fsp3) is 0.600. The number of benzene rings is 1. The van der Waals surface area contributed by atoms with Gasteiger partial charge in [-0.15, -0.1) is 0 Å². The first-order chi connectivity index (χ1) is 9.38. The molecular formula is C15H22BrNO2S. The van der Waals surface area contributed by atoms with Crippen LogP contribution in [0.4, 0.5) is 0 Å². The minimum absolute atomic E-state index is 0.349. The molecule has 1 aliphatic rings. The Balaban J connectivity index is 1.98. The van der Waals surface area contributed by atoms with E-state index in [0.717, 1.165) is 28.8 Å². The van der Waals surface area contributed by atoms with Crippen LogP contribution in [0, 0.1) is 18.8 Å². The molecule has 0 saturated heterocycles. The van der Waals surface area contributed by atoms with Gasteiger partial charge in [0.1, 0.15) is 0 Å². The summed E-state index contributed by atoms with van der Waals surface area (Å²) in [4.78, 5) is 0.349. The molecule has 3 nitrogen and oxygen atoms in total. The smallest absolute Gasteiger partial charge is 0.211 e. The van der Waals surface area contributed by atoms with E-state index in [9.17, 15) is 8.42 Å². The Kier molecular flexibility index (Phi) is 5.26. The first-order valence-electron chi connectivity index (χ1n) is 7.14. The molecule has 0 aliphatic heterocycles. The lowest BCUT2D eigenvalue weighted by molar-refractivity contribution is 0.290. The molecule has 1 aromatic rings. The number of nitrogens with one attached hydrogen (secondary N) is 1. The van der Waals surface area contributed by atoms with Crippen LogP contribution in [0.1, 0.15) is 38.2 Å². The van der Waals surface area contributed by atoms with Gasteiger partial charge in [-0.05, 0) is 55.4 Å². The third-order valence-corrected chi connectivity index (χ3v) is 6.45. The van der Waals surface area contributed by atoms with Gasteiger partial charge in [0, 0.05) is 11.0 Å². The molecule has 5 heteroatoms. The summed E-state index contributed by atoms with van der Waals surface area (Å²) in [5.41, 5.74) is 0.930. The number of sulfonamides is 1. The lowest BCUT2D eigenvalue weighted by Crippen LogP contribution is -2.31. The summed E-state index contributed by atoms with van der Waals surface area (Å²) in [5.74, 6) is 1.27. The lowest BCUT2D eigenvalue weighted by Gasteiger charge is -2.26. The van der Waals surface area contributed by atoms with E-state index in [2.05, 4.69) is 27.6 Å². The molecule has 0 aromatic heterocycles. The van der Waals surface area contributed by atoms with Gasteiger partial charge in [-0.25, -0.2) is 13.1 Å². The van der Waals surface area contributed by atoms with Crippen molar-refractivity contribution in [1.82, 2.24) is 4.72 Å². The summed E-state index contributed by atoms with van der Waals surface area (Å²) in [6, 6.07) is 5.13. The van der Waals surface area contributed by atoms with Crippen LogP contribution < -0.4 is 4.72 Å². The van der Waals surface area contributed by atoms with Crippen LogP contribution in [0.2, 0.25) is 0 Å². The maximum atomic E-state index is 12.3. The second kappa shape index (κ2) is 6.58. The Morgan fingerprint density at radius 2 is 1.90 bits per heavy atom. The molecular weight excluding hydrogens is 338 g/mol. The second-order valence-corrected chi connectivity index (χ2v) is 8.51. The Labute approximate surface area is 130 Å². The van der Waals surface area contributed by atoms with Gasteiger partial charge in [0.05, 0.1) is 4.90 Å². The van der Waals surface area contributed by atoms with Gasteiger partial charge >= 0.3 is 0 Å². The molecule has 0 radical (unpaired) electrons. The predicted octanol–water partition coefficient (Wildman–Crippen LogP) is 3.86. The van der Waals surface area contributed by atoms with E-state index in [-0.39, 0.29) is 0 Å². The molecule has 0 unspecified atom stereocenters. The highest BCUT2D eigenvalue weighted by atomic mass is 79.9. The third kappa shape index (κ3) is 4.06. The number of rotatable bonds is 4. The molecule has 1 saturated carbocycles. The van der Waals surface area contributed by atoms with E-state index in [1.807, 2.05) is 6.92 Å². The summed E-state index contributed by atoms with van der Waals surface area (Å²) in [6.45, 7) is 4.72. The van der Waals surface area contributed by atoms with Crippen molar-refractivity contribution in [3.05, 3.63) is 28.2 Å². The van der Waals surface area contributed by atoms with Crippen LogP contribution in [-0.4, -0.2) is 15.0 Å². The quantitative estimate of drug-likeness (QED) is 0.886. The Morgan fingerprint density at radius 1 is 1.25 bits per heavy atom. The standard InChI is InChI=1S/C15H22BrNO2S/c1-11-3-5-13(6-4-11)10-17-20(18,19)14-7-8-15(16)12(2)9-14/h7-9,11,13,17H,3-6,10H2,1-2H3. The zero-order valence-corrected chi connectivity index (χ0v) is 14.4. The molecule has 0 spiro atoms. The van der Waals surface area contributed by atoms with Crippen LogP contribution in [0.15, 0.2) is 27.6 Å². The average Bonchev–Trinajstić information content (AvgIpc) is 2.41. The molecule has 1 fully saturated rings. The monoisotopic (exact) mass is 359 g/mol. The maximum Gasteiger partial charge on any atom is 0.240 e. The number of hydrogen-bond donors (Lipinski definition) is 1. The number of halogens is 1. The van der Waals surface area contributed by atoms with Crippen molar-refractivity contribution < 1.29 is 8.42 Å². The molecule has 1 aromatic carbocycles. The van der Waals surface area contributed by atoms with Crippen molar-refractivity contribution in [2.75, 3.05) is 6.54 Å². The van der Waals surface area contributed by atoms with Crippen LogP contribution in [0.5, 0.6) is 0 Å². The van der Waals surface area contributed by atoms with Gasteiger partial charge in [0.2, 0.25) is 10.0 Å². The molecule has 1 N–H and O–H groups in total. The van der Waals surface area contributed by atoms with Gasteiger partial charge in [-0.1, -0.05) is 35.7 Å². The topological polar surface area (TPSA) is 46.2 Å². The van der Waals surface area contributed by atoms with Crippen molar-refractivity contribution in [3.63, 3.8) is 0 Å².